The molecule has 1 heterocycles. The predicted molar refractivity (Wildman–Crippen MR) is 81.3 cm³/mol. The monoisotopic (exact) mass is 321 g/mol. The molecule has 23 heavy (non-hydrogen) atoms. The van der Waals surface area contributed by atoms with E-state index in [-0.39, 0.29) is 13.0 Å². The van der Waals surface area contributed by atoms with Crippen molar-refractivity contribution in [2.24, 2.45) is 5.11 Å². The van der Waals surface area contributed by atoms with Gasteiger partial charge in [-0.15, -0.1) is 0 Å². The van der Waals surface area contributed by atoms with Crippen molar-refractivity contribution in [1.29, 1.82) is 0 Å². The highest BCUT2D eigenvalue weighted by Crippen LogP contribution is 2.49. The van der Waals surface area contributed by atoms with Crippen LogP contribution in [-0.4, -0.2) is 36.3 Å². The molecule has 0 bridgehead atoms. The summed E-state index contributed by atoms with van der Waals surface area (Å²) in [4.78, 5) is 2.78. The molecule has 0 aromatic heterocycles. The normalized spacial score (nSPS) is 34.8. The minimum Gasteiger partial charge on any atom is -0.374 e. The Morgan fingerprint density at radius 2 is 2.13 bits per heavy atom. The number of fused-ring (bicyclic) bond motifs is 1. The van der Waals surface area contributed by atoms with Gasteiger partial charge in [0.2, 0.25) is 0 Å². The third-order valence-electron chi connectivity index (χ3n) is 4.30. The smallest absolute Gasteiger partial charge is 0.164 e. The second-order valence-electron chi connectivity index (χ2n) is 6.44. The molecule has 124 valence electrons. The van der Waals surface area contributed by atoms with Crippen molar-refractivity contribution in [2.75, 3.05) is 6.61 Å². The molecule has 1 aromatic carbocycles. The highest BCUT2D eigenvalue weighted by molar-refractivity contribution is 5.15. The number of halogens is 1. The van der Waals surface area contributed by atoms with Gasteiger partial charge in [0, 0.05) is 11.3 Å². The van der Waals surface area contributed by atoms with Gasteiger partial charge in [-0.25, -0.2) is 4.39 Å². The quantitative estimate of drug-likeness (QED) is 0.473. The van der Waals surface area contributed by atoms with Crippen LogP contribution in [0.15, 0.2) is 35.4 Å². The molecule has 0 spiro atoms. The van der Waals surface area contributed by atoms with E-state index in [1.54, 1.807) is 13.8 Å². The van der Waals surface area contributed by atoms with Crippen LogP contribution in [0.25, 0.3) is 10.4 Å². The van der Waals surface area contributed by atoms with Crippen molar-refractivity contribution in [3.8, 4) is 0 Å². The lowest BCUT2D eigenvalue weighted by Crippen LogP contribution is -2.50. The van der Waals surface area contributed by atoms with Crippen molar-refractivity contribution in [1.82, 2.24) is 0 Å². The molecular formula is C16H20FN3O3. The minimum atomic E-state index is -1.30. The highest BCUT2D eigenvalue weighted by atomic mass is 19.1. The van der Waals surface area contributed by atoms with Crippen molar-refractivity contribution in [3.63, 3.8) is 0 Å². The molecule has 1 aliphatic heterocycles. The second kappa shape index (κ2) is 6.09. The van der Waals surface area contributed by atoms with Gasteiger partial charge < -0.3 is 14.2 Å². The maximum absolute atomic E-state index is 14.3. The maximum Gasteiger partial charge on any atom is 0.164 e. The Morgan fingerprint density at radius 3 is 2.83 bits per heavy atom. The summed E-state index contributed by atoms with van der Waals surface area (Å²) in [5.41, 5.74) is 8.70. The van der Waals surface area contributed by atoms with E-state index in [2.05, 4.69) is 10.0 Å². The summed E-state index contributed by atoms with van der Waals surface area (Å²) in [5, 5.41) is 3.63. The van der Waals surface area contributed by atoms with E-state index in [1.807, 2.05) is 30.3 Å². The molecule has 0 amide bonds. The average Bonchev–Trinajstić information content (AvgIpc) is 2.88. The molecule has 0 radical (unpaired) electrons. The minimum absolute atomic E-state index is 0.111. The fourth-order valence-corrected chi connectivity index (χ4v) is 3.46. The summed E-state index contributed by atoms with van der Waals surface area (Å²) in [5.74, 6) is -0.857. The van der Waals surface area contributed by atoms with E-state index in [4.69, 9.17) is 19.7 Å². The number of alkyl halides is 1. The van der Waals surface area contributed by atoms with Crippen LogP contribution in [0.4, 0.5) is 4.39 Å². The zero-order valence-electron chi connectivity index (χ0n) is 13.2. The number of hydrogen-bond donors (Lipinski definition) is 0. The Labute approximate surface area is 134 Å². The number of benzene rings is 1. The molecule has 1 saturated carbocycles. The van der Waals surface area contributed by atoms with Crippen molar-refractivity contribution < 1.29 is 18.6 Å². The van der Waals surface area contributed by atoms with Gasteiger partial charge in [-0.3, -0.25) is 0 Å². The predicted octanol–water partition coefficient (Wildman–Crippen LogP) is 3.51. The molecular weight excluding hydrogens is 301 g/mol. The van der Waals surface area contributed by atoms with Crippen LogP contribution in [0.2, 0.25) is 0 Å². The molecule has 1 aliphatic carbocycles. The van der Waals surface area contributed by atoms with Crippen LogP contribution < -0.4 is 0 Å². The first-order valence-corrected chi connectivity index (χ1v) is 7.65. The van der Waals surface area contributed by atoms with E-state index < -0.39 is 29.7 Å². The van der Waals surface area contributed by atoms with Crippen LogP contribution in [0, 0.1) is 0 Å². The maximum atomic E-state index is 14.3. The Bertz CT molecular complexity index is 606. The van der Waals surface area contributed by atoms with Crippen LogP contribution in [0.3, 0.4) is 0 Å². The lowest BCUT2D eigenvalue weighted by molar-refractivity contribution is -0.186. The van der Waals surface area contributed by atoms with E-state index in [0.717, 1.165) is 5.56 Å². The summed E-state index contributed by atoms with van der Waals surface area (Å²) in [6.45, 7) is 4.02. The largest absolute Gasteiger partial charge is 0.374 e. The van der Waals surface area contributed by atoms with Gasteiger partial charge in [0.05, 0.1) is 19.3 Å². The first-order chi connectivity index (χ1) is 11.0. The summed E-state index contributed by atoms with van der Waals surface area (Å²) in [7, 11) is 0. The Kier molecular flexibility index (Phi) is 4.29. The number of rotatable bonds is 5. The van der Waals surface area contributed by atoms with Crippen LogP contribution in [0.1, 0.15) is 25.8 Å². The number of ether oxygens (including phenoxy) is 3. The lowest BCUT2D eigenvalue weighted by atomic mass is 9.97. The number of azide groups is 1. The molecule has 6 nitrogen and oxygen atoms in total. The summed E-state index contributed by atoms with van der Waals surface area (Å²) < 4.78 is 31.8. The van der Waals surface area contributed by atoms with E-state index in [0.29, 0.717) is 6.61 Å². The van der Waals surface area contributed by atoms with Crippen molar-refractivity contribution in [3.05, 3.63) is 46.3 Å². The number of hydrogen-bond acceptors (Lipinski definition) is 4. The Balaban J connectivity index is 1.77. The van der Waals surface area contributed by atoms with Crippen LogP contribution in [-0.2, 0) is 20.8 Å². The summed E-state index contributed by atoms with van der Waals surface area (Å²) >= 11 is 0. The lowest BCUT2D eigenvalue weighted by Gasteiger charge is -2.32. The van der Waals surface area contributed by atoms with Gasteiger partial charge in [0.25, 0.3) is 0 Å². The van der Waals surface area contributed by atoms with Gasteiger partial charge in [-0.1, -0.05) is 35.4 Å². The SMILES string of the molecule is CC1(C)O[C@H]2C[C@H](F)[C@H](N=[N+]=[N-])[C@@]2(COCc2ccccc2)O1. The van der Waals surface area contributed by atoms with Gasteiger partial charge in [-0.05, 0) is 24.9 Å². The molecule has 0 unspecified atom stereocenters. The van der Waals surface area contributed by atoms with Gasteiger partial charge >= 0.3 is 0 Å². The molecule has 1 aromatic rings. The van der Waals surface area contributed by atoms with Gasteiger partial charge in [-0.2, -0.15) is 0 Å². The average molecular weight is 321 g/mol. The molecule has 3 rings (SSSR count). The first-order valence-electron chi connectivity index (χ1n) is 7.65. The van der Waals surface area contributed by atoms with Gasteiger partial charge in [0.15, 0.2) is 5.79 Å². The summed E-state index contributed by atoms with van der Waals surface area (Å²) in [6.07, 6.45) is -1.65. The number of nitrogens with zero attached hydrogens (tertiary/aromatic N) is 3. The van der Waals surface area contributed by atoms with Crippen molar-refractivity contribution in [2.45, 2.75) is 56.6 Å². The standard InChI is InChI=1S/C16H20FN3O3/c1-15(2)22-13-8-12(17)14(19-20-18)16(13,23-15)10-21-9-11-6-4-3-5-7-11/h3-7,12-14H,8-10H2,1-2H3/t12-,13-,14-,16-/m0/s1. The fraction of sp³-hybridized carbons (Fsp3) is 0.625. The van der Waals surface area contributed by atoms with Crippen LogP contribution >= 0.6 is 0 Å². The molecule has 7 heteroatoms. The van der Waals surface area contributed by atoms with Crippen molar-refractivity contribution >= 4 is 0 Å². The Hall–Kier alpha value is -1.66. The zero-order chi connectivity index (χ0) is 16.5. The molecule has 0 N–H and O–H groups in total. The molecule has 2 fully saturated rings. The fourth-order valence-electron chi connectivity index (χ4n) is 3.46. The topological polar surface area (TPSA) is 76.5 Å². The summed E-state index contributed by atoms with van der Waals surface area (Å²) in [6, 6.07) is 8.72. The molecule has 2 aliphatic rings. The zero-order valence-corrected chi connectivity index (χ0v) is 13.2. The third-order valence-corrected chi connectivity index (χ3v) is 4.30. The van der Waals surface area contributed by atoms with E-state index in [1.165, 1.54) is 0 Å². The third kappa shape index (κ3) is 3.05. The van der Waals surface area contributed by atoms with E-state index >= 15 is 0 Å². The molecule has 4 atom stereocenters. The highest BCUT2D eigenvalue weighted by Gasteiger charge is 2.64. The molecule has 1 saturated heterocycles. The first kappa shape index (κ1) is 16.2. The van der Waals surface area contributed by atoms with E-state index in [9.17, 15) is 4.39 Å². The Morgan fingerprint density at radius 1 is 1.39 bits per heavy atom. The second-order valence-corrected chi connectivity index (χ2v) is 6.44. The van der Waals surface area contributed by atoms with Crippen LogP contribution in [0.5, 0.6) is 0 Å². The van der Waals surface area contributed by atoms with Gasteiger partial charge in [0.1, 0.15) is 17.8 Å².